The van der Waals surface area contributed by atoms with Crippen LogP contribution in [0, 0.1) is 5.92 Å². The number of sulfonamides is 1. The van der Waals surface area contributed by atoms with Gasteiger partial charge in [-0.2, -0.15) is 16.8 Å². The lowest BCUT2D eigenvalue weighted by Gasteiger charge is -2.28. The molecule has 10 heteroatoms. The third-order valence-corrected chi connectivity index (χ3v) is 7.97. The van der Waals surface area contributed by atoms with Crippen LogP contribution in [-0.4, -0.2) is 54.6 Å². The highest BCUT2D eigenvalue weighted by Gasteiger charge is 2.30. The molecule has 0 radical (unpaired) electrons. The van der Waals surface area contributed by atoms with Gasteiger partial charge in [-0.25, -0.2) is 12.7 Å². The Hall–Kier alpha value is -0.680. The fourth-order valence-corrected chi connectivity index (χ4v) is 6.05. The first kappa shape index (κ1) is 21.0. The van der Waals surface area contributed by atoms with Crippen LogP contribution in [0.3, 0.4) is 0 Å². The number of hydrogen-bond acceptors (Lipinski definition) is 5. The summed E-state index contributed by atoms with van der Waals surface area (Å²) >= 11 is 6.73. The van der Waals surface area contributed by atoms with Crippen LogP contribution in [0.1, 0.15) is 12.8 Å². The predicted molar refractivity (Wildman–Crippen MR) is 116 cm³/mol. The van der Waals surface area contributed by atoms with E-state index in [0.29, 0.717) is 24.2 Å². The van der Waals surface area contributed by atoms with Crippen LogP contribution in [-0.2, 0) is 21.4 Å². The van der Waals surface area contributed by atoms with E-state index < -0.39 is 10.0 Å². The summed E-state index contributed by atoms with van der Waals surface area (Å²) in [5, 5.41) is 0. The second-order valence-electron chi connectivity index (χ2n) is 6.55. The van der Waals surface area contributed by atoms with Gasteiger partial charge in [0.15, 0.2) is 4.80 Å². The minimum Gasteiger partial charge on any atom is -0.316 e. The molecule has 2 heterocycles. The number of aromatic nitrogens is 1. The fraction of sp³-hybridized carbons (Fsp3) is 0.529. The number of thioether (sulfide) groups is 1. The summed E-state index contributed by atoms with van der Waals surface area (Å²) in [6.07, 6.45) is 4.60. The van der Waals surface area contributed by atoms with E-state index in [-0.39, 0.29) is 18.4 Å². The second-order valence-corrected chi connectivity index (χ2v) is 11.4. The molecule has 1 saturated heterocycles. The molecular formula is C17H22BrN3O3S3. The average Bonchev–Trinajstić information content (AvgIpc) is 2.95. The van der Waals surface area contributed by atoms with Crippen molar-refractivity contribution in [3.05, 3.63) is 27.5 Å². The third kappa shape index (κ3) is 5.03. The van der Waals surface area contributed by atoms with E-state index in [1.807, 2.05) is 18.2 Å². The fourth-order valence-electron chi connectivity index (χ4n) is 3.16. The van der Waals surface area contributed by atoms with Crippen LogP contribution in [0.5, 0.6) is 0 Å². The summed E-state index contributed by atoms with van der Waals surface area (Å²) in [6.45, 7) is 1.48. The minimum atomic E-state index is -3.28. The maximum Gasteiger partial charge on any atom is 0.252 e. The number of hydrogen-bond donors (Lipinski definition) is 0. The maximum atomic E-state index is 12.8. The summed E-state index contributed by atoms with van der Waals surface area (Å²) in [4.78, 5) is 17.9. The van der Waals surface area contributed by atoms with Crippen molar-refractivity contribution in [2.24, 2.45) is 10.9 Å². The first-order valence-electron chi connectivity index (χ1n) is 8.61. The number of fused-ring (bicyclic) bond motifs is 1. The maximum absolute atomic E-state index is 12.8. The zero-order chi connectivity index (χ0) is 19.6. The van der Waals surface area contributed by atoms with Crippen LogP contribution in [0.2, 0.25) is 0 Å². The highest BCUT2D eigenvalue weighted by molar-refractivity contribution is 9.10. The van der Waals surface area contributed by atoms with Gasteiger partial charge in [0, 0.05) is 29.9 Å². The van der Waals surface area contributed by atoms with Crippen LogP contribution >= 0.6 is 39.0 Å². The first-order chi connectivity index (χ1) is 12.8. The molecule has 1 aliphatic rings. The van der Waals surface area contributed by atoms with E-state index in [9.17, 15) is 13.2 Å². The molecule has 1 atom stereocenters. The van der Waals surface area contributed by atoms with E-state index in [0.717, 1.165) is 27.0 Å². The highest BCUT2D eigenvalue weighted by atomic mass is 79.9. The lowest BCUT2D eigenvalue weighted by atomic mass is 9.99. The molecular weight excluding hydrogens is 470 g/mol. The van der Waals surface area contributed by atoms with Crippen molar-refractivity contribution in [2.75, 3.05) is 31.4 Å². The van der Waals surface area contributed by atoms with Crippen LogP contribution < -0.4 is 4.80 Å². The molecule has 1 amide bonds. The molecule has 1 unspecified atom stereocenters. The summed E-state index contributed by atoms with van der Waals surface area (Å²) in [5.74, 6) is 0.320. The molecule has 0 saturated carbocycles. The second kappa shape index (κ2) is 8.77. The molecule has 0 aliphatic carbocycles. The van der Waals surface area contributed by atoms with E-state index >= 15 is 0 Å². The lowest BCUT2D eigenvalue weighted by molar-refractivity contribution is -0.122. The number of thiazole rings is 1. The zero-order valence-electron chi connectivity index (χ0n) is 15.2. The van der Waals surface area contributed by atoms with Gasteiger partial charge in [0.05, 0.1) is 22.4 Å². The normalized spacial score (nSPS) is 19.7. The Kier molecular flexibility index (Phi) is 6.83. The van der Waals surface area contributed by atoms with Crippen LogP contribution in [0.4, 0.5) is 0 Å². The standard InChI is InChI=1S/C17H22BrN3O3S3/c1-25-9-8-21-14-6-5-13(18)10-15(14)26-17(21)19-16(22)12-4-3-7-20(11-12)27(2,23)24/h5-6,10,12H,3-4,7-9,11H2,1-2H3. The van der Waals surface area contributed by atoms with E-state index in [2.05, 4.69) is 31.7 Å². The smallest absolute Gasteiger partial charge is 0.252 e. The van der Waals surface area contributed by atoms with Crippen molar-refractivity contribution < 1.29 is 13.2 Å². The van der Waals surface area contributed by atoms with Crippen molar-refractivity contribution in [3.8, 4) is 0 Å². The number of nitrogens with zero attached hydrogens (tertiary/aromatic N) is 3. The summed E-state index contributed by atoms with van der Waals surface area (Å²) in [7, 11) is -3.28. The molecule has 1 aromatic carbocycles. The molecule has 1 fully saturated rings. The molecule has 27 heavy (non-hydrogen) atoms. The van der Waals surface area contributed by atoms with Gasteiger partial charge in [0.25, 0.3) is 5.91 Å². The third-order valence-electron chi connectivity index (χ3n) is 4.57. The molecule has 0 spiro atoms. The van der Waals surface area contributed by atoms with Gasteiger partial charge in [-0.1, -0.05) is 27.3 Å². The molecule has 3 rings (SSSR count). The molecule has 0 bridgehead atoms. The van der Waals surface area contributed by atoms with Crippen molar-refractivity contribution in [3.63, 3.8) is 0 Å². The Morgan fingerprint density at radius 3 is 2.93 bits per heavy atom. The Morgan fingerprint density at radius 2 is 2.22 bits per heavy atom. The SMILES string of the molecule is CSCCn1c(=NC(=O)C2CCCN(S(C)(=O)=O)C2)sc2cc(Br)ccc21. The number of benzene rings is 1. The number of piperidine rings is 1. The van der Waals surface area contributed by atoms with Crippen molar-refractivity contribution in [1.82, 2.24) is 8.87 Å². The van der Waals surface area contributed by atoms with Crippen molar-refractivity contribution in [1.29, 1.82) is 0 Å². The minimum absolute atomic E-state index is 0.225. The zero-order valence-corrected chi connectivity index (χ0v) is 19.3. The Bertz CT molecular complexity index is 1010. The monoisotopic (exact) mass is 491 g/mol. The van der Waals surface area contributed by atoms with Gasteiger partial charge < -0.3 is 4.57 Å². The average molecular weight is 492 g/mol. The topological polar surface area (TPSA) is 71.7 Å². The van der Waals surface area contributed by atoms with Gasteiger partial charge in [0.1, 0.15) is 0 Å². The molecule has 2 aromatic rings. The molecule has 6 nitrogen and oxygen atoms in total. The van der Waals surface area contributed by atoms with E-state index in [1.54, 1.807) is 11.8 Å². The molecule has 0 N–H and O–H groups in total. The lowest BCUT2D eigenvalue weighted by Crippen LogP contribution is -2.41. The molecule has 1 aliphatic heterocycles. The van der Waals surface area contributed by atoms with Gasteiger partial charge >= 0.3 is 0 Å². The number of aryl methyl sites for hydroxylation is 1. The van der Waals surface area contributed by atoms with Crippen molar-refractivity contribution >= 4 is 65.2 Å². The number of amides is 1. The Morgan fingerprint density at radius 1 is 1.44 bits per heavy atom. The first-order valence-corrected chi connectivity index (χ1v) is 13.5. The van der Waals surface area contributed by atoms with E-state index in [4.69, 9.17) is 0 Å². The summed E-state index contributed by atoms with van der Waals surface area (Å²) in [6, 6.07) is 6.05. The van der Waals surface area contributed by atoms with Gasteiger partial charge in [-0.15, -0.1) is 0 Å². The van der Waals surface area contributed by atoms with E-state index in [1.165, 1.54) is 21.9 Å². The predicted octanol–water partition coefficient (Wildman–Crippen LogP) is 2.93. The van der Waals surface area contributed by atoms with Crippen LogP contribution in [0.15, 0.2) is 27.7 Å². The number of rotatable bonds is 5. The Balaban J connectivity index is 1.95. The number of carbonyl (C=O) groups is 1. The summed E-state index contributed by atoms with van der Waals surface area (Å²) in [5.41, 5.74) is 1.06. The molecule has 1 aromatic heterocycles. The summed E-state index contributed by atoms with van der Waals surface area (Å²) < 4.78 is 29.1. The van der Waals surface area contributed by atoms with Gasteiger partial charge in [-0.05, 0) is 37.3 Å². The largest absolute Gasteiger partial charge is 0.316 e. The van der Waals surface area contributed by atoms with Crippen LogP contribution in [0.25, 0.3) is 10.2 Å². The van der Waals surface area contributed by atoms with Crippen molar-refractivity contribution in [2.45, 2.75) is 19.4 Å². The molecule has 148 valence electrons. The quantitative estimate of drug-likeness (QED) is 0.644. The number of carbonyl (C=O) groups excluding carboxylic acids is 1. The van der Waals surface area contributed by atoms with Gasteiger partial charge in [0.2, 0.25) is 10.0 Å². The number of halogens is 1. The Labute approximate surface area is 175 Å². The highest BCUT2D eigenvalue weighted by Crippen LogP contribution is 2.23. The van der Waals surface area contributed by atoms with Gasteiger partial charge in [-0.3, -0.25) is 4.79 Å².